The Balaban J connectivity index is 2.00. The zero-order chi connectivity index (χ0) is 18.1. The standard InChI is InChI=1S/C20H24N4O2/c1-24-12-14(11-22-24)18-15-6-3-4-7-17(15)23-19(16(18)10-21)20(13-25-2)8-5-9-26-20/h11-12H,3-9,13H2,1-2H3. The van der Waals surface area contributed by atoms with Crippen LogP contribution >= 0.6 is 0 Å². The summed E-state index contributed by atoms with van der Waals surface area (Å²) < 4.78 is 13.4. The quantitative estimate of drug-likeness (QED) is 0.846. The number of aryl methyl sites for hydroxylation is 2. The molecule has 26 heavy (non-hydrogen) atoms. The van der Waals surface area contributed by atoms with Gasteiger partial charge < -0.3 is 9.47 Å². The van der Waals surface area contributed by atoms with Gasteiger partial charge in [0.1, 0.15) is 11.7 Å². The minimum Gasteiger partial charge on any atom is -0.381 e. The lowest BCUT2D eigenvalue weighted by Crippen LogP contribution is -2.34. The van der Waals surface area contributed by atoms with Gasteiger partial charge >= 0.3 is 0 Å². The Labute approximate surface area is 153 Å². The number of fused-ring (bicyclic) bond motifs is 1. The largest absolute Gasteiger partial charge is 0.381 e. The van der Waals surface area contributed by atoms with E-state index in [4.69, 9.17) is 14.5 Å². The molecule has 6 heteroatoms. The number of methoxy groups -OCH3 is 1. The summed E-state index contributed by atoms with van der Waals surface area (Å²) in [6.45, 7) is 1.09. The molecule has 0 amide bonds. The molecule has 2 aliphatic rings. The third-order valence-electron chi connectivity index (χ3n) is 5.49. The number of hydrogen-bond donors (Lipinski definition) is 0. The predicted molar refractivity (Wildman–Crippen MR) is 96.5 cm³/mol. The number of nitriles is 1. The average molecular weight is 352 g/mol. The highest BCUT2D eigenvalue weighted by Gasteiger charge is 2.42. The number of ether oxygens (including phenoxy) is 2. The topological polar surface area (TPSA) is 73.0 Å². The Morgan fingerprint density at radius 2 is 2.19 bits per heavy atom. The van der Waals surface area contributed by atoms with E-state index in [1.54, 1.807) is 11.8 Å². The number of hydrogen-bond acceptors (Lipinski definition) is 5. The third kappa shape index (κ3) is 2.72. The van der Waals surface area contributed by atoms with Crippen molar-refractivity contribution in [2.24, 2.45) is 7.05 Å². The summed E-state index contributed by atoms with van der Waals surface area (Å²) in [6, 6.07) is 2.45. The molecule has 136 valence electrons. The van der Waals surface area contributed by atoms with Crippen molar-refractivity contribution in [3.8, 4) is 17.2 Å². The summed E-state index contributed by atoms with van der Waals surface area (Å²) in [5, 5.41) is 14.4. The summed E-state index contributed by atoms with van der Waals surface area (Å²) in [7, 11) is 3.58. The van der Waals surface area contributed by atoms with Crippen molar-refractivity contribution in [2.45, 2.75) is 44.1 Å². The van der Waals surface area contributed by atoms with Gasteiger partial charge in [-0.3, -0.25) is 9.67 Å². The monoisotopic (exact) mass is 352 g/mol. The second-order valence-electron chi connectivity index (χ2n) is 7.24. The second-order valence-corrected chi connectivity index (χ2v) is 7.24. The molecular weight excluding hydrogens is 328 g/mol. The first-order valence-corrected chi connectivity index (χ1v) is 9.27. The van der Waals surface area contributed by atoms with Crippen LogP contribution in [0.25, 0.3) is 11.1 Å². The van der Waals surface area contributed by atoms with E-state index in [9.17, 15) is 5.26 Å². The Bertz CT molecular complexity index is 859. The van der Waals surface area contributed by atoms with Crippen molar-refractivity contribution in [3.63, 3.8) is 0 Å². The van der Waals surface area contributed by atoms with Gasteiger partial charge in [0.25, 0.3) is 0 Å². The van der Waals surface area contributed by atoms with Gasteiger partial charge in [-0.05, 0) is 44.1 Å². The van der Waals surface area contributed by atoms with Crippen LogP contribution < -0.4 is 0 Å². The lowest BCUT2D eigenvalue weighted by atomic mass is 9.83. The van der Waals surface area contributed by atoms with E-state index in [0.29, 0.717) is 18.8 Å². The van der Waals surface area contributed by atoms with Crippen molar-refractivity contribution in [3.05, 3.63) is 34.9 Å². The molecule has 1 atom stereocenters. The lowest BCUT2D eigenvalue weighted by Gasteiger charge is -2.31. The summed E-state index contributed by atoms with van der Waals surface area (Å²) in [6.07, 6.45) is 9.77. The summed E-state index contributed by atoms with van der Waals surface area (Å²) in [4.78, 5) is 5.00. The predicted octanol–water partition coefficient (Wildman–Crippen LogP) is 2.88. The molecule has 0 radical (unpaired) electrons. The number of rotatable bonds is 4. The van der Waals surface area contributed by atoms with Gasteiger partial charge in [-0.1, -0.05) is 0 Å². The van der Waals surface area contributed by atoms with Crippen molar-refractivity contribution in [1.29, 1.82) is 5.26 Å². The first kappa shape index (κ1) is 17.2. The van der Waals surface area contributed by atoms with Crippen LogP contribution in [-0.2, 0) is 35.0 Å². The molecular formula is C20H24N4O2. The molecule has 1 aliphatic heterocycles. The van der Waals surface area contributed by atoms with Crippen LogP contribution in [0.4, 0.5) is 0 Å². The molecule has 3 heterocycles. The van der Waals surface area contributed by atoms with Gasteiger partial charge in [-0.25, -0.2) is 0 Å². The van der Waals surface area contributed by atoms with Crippen LogP contribution in [0.3, 0.4) is 0 Å². The van der Waals surface area contributed by atoms with E-state index in [1.807, 2.05) is 19.4 Å². The van der Waals surface area contributed by atoms with Crippen molar-refractivity contribution in [2.75, 3.05) is 20.3 Å². The van der Waals surface area contributed by atoms with E-state index in [0.717, 1.165) is 61.0 Å². The van der Waals surface area contributed by atoms with Crippen LogP contribution in [-0.4, -0.2) is 35.1 Å². The highest BCUT2D eigenvalue weighted by molar-refractivity contribution is 5.75. The molecule has 0 N–H and O–H groups in total. The van der Waals surface area contributed by atoms with Crippen LogP contribution in [0.1, 0.15) is 48.2 Å². The first-order valence-electron chi connectivity index (χ1n) is 9.27. The van der Waals surface area contributed by atoms with E-state index in [-0.39, 0.29) is 0 Å². The summed E-state index contributed by atoms with van der Waals surface area (Å²) in [5.74, 6) is 0. The highest BCUT2D eigenvalue weighted by atomic mass is 16.5. The Morgan fingerprint density at radius 3 is 2.85 bits per heavy atom. The molecule has 2 aromatic rings. The van der Waals surface area contributed by atoms with Crippen LogP contribution in [0, 0.1) is 11.3 Å². The van der Waals surface area contributed by atoms with E-state index < -0.39 is 5.60 Å². The fourth-order valence-electron chi connectivity index (χ4n) is 4.35. The van der Waals surface area contributed by atoms with Crippen molar-refractivity contribution in [1.82, 2.24) is 14.8 Å². The molecule has 1 saturated heterocycles. The molecule has 0 bridgehead atoms. The summed E-state index contributed by atoms with van der Waals surface area (Å²) >= 11 is 0. The maximum atomic E-state index is 10.1. The molecule has 0 aromatic carbocycles. The molecule has 0 saturated carbocycles. The highest BCUT2D eigenvalue weighted by Crippen LogP contribution is 2.42. The van der Waals surface area contributed by atoms with Gasteiger partial charge in [0, 0.05) is 43.8 Å². The molecule has 4 rings (SSSR count). The summed E-state index contributed by atoms with van der Waals surface area (Å²) in [5.41, 5.74) is 5.04. The minimum absolute atomic E-state index is 0.417. The molecule has 2 aromatic heterocycles. The number of nitrogens with zero attached hydrogens (tertiary/aromatic N) is 4. The van der Waals surface area contributed by atoms with Gasteiger partial charge in [0.05, 0.1) is 24.1 Å². The van der Waals surface area contributed by atoms with Gasteiger partial charge in [0.15, 0.2) is 0 Å². The lowest BCUT2D eigenvalue weighted by molar-refractivity contribution is -0.0592. The Kier molecular flexibility index (Phi) is 4.51. The van der Waals surface area contributed by atoms with E-state index >= 15 is 0 Å². The van der Waals surface area contributed by atoms with Crippen LogP contribution in [0.15, 0.2) is 12.4 Å². The maximum Gasteiger partial charge on any atom is 0.134 e. The normalized spacial score (nSPS) is 22.2. The smallest absolute Gasteiger partial charge is 0.134 e. The Hall–Kier alpha value is -2.23. The maximum absolute atomic E-state index is 10.1. The van der Waals surface area contributed by atoms with E-state index in [2.05, 4.69) is 11.2 Å². The van der Waals surface area contributed by atoms with Crippen LogP contribution in [0.2, 0.25) is 0 Å². The molecule has 1 aliphatic carbocycles. The fourth-order valence-corrected chi connectivity index (χ4v) is 4.35. The molecule has 1 unspecified atom stereocenters. The van der Waals surface area contributed by atoms with Crippen LogP contribution in [0.5, 0.6) is 0 Å². The van der Waals surface area contributed by atoms with Gasteiger partial charge in [0.2, 0.25) is 0 Å². The van der Waals surface area contributed by atoms with Gasteiger partial charge in [-0.15, -0.1) is 0 Å². The zero-order valence-electron chi connectivity index (χ0n) is 15.4. The Morgan fingerprint density at radius 1 is 1.35 bits per heavy atom. The molecule has 0 spiro atoms. The van der Waals surface area contributed by atoms with Crippen molar-refractivity contribution >= 4 is 0 Å². The minimum atomic E-state index is -0.622. The average Bonchev–Trinajstić information content (AvgIpc) is 3.30. The van der Waals surface area contributed by atoms with Crippen molar-refractivity contribution < 1.29 is 9.47 Å². The second kappa shape index (κ2) is 6.82. The fraction of sp³-hybridized carbons (Fsp3) is 0.550. The number of aromatic nitrogens is 3. The molecule has 1 fully saturated rings. The first-order chi connectivity index (χ1) is 12.7. The third-order valence-corrected chi connectivity index (χ3v) is 5.49. The van der Waals surface area contributed by atoms with E-state index in [1.165, 1.54) is 5.56 Å². The molecule has 6 nitrogen and oxygen atoms in total. The SMILES string of the molecule is COCC1(c2nc3c(c(-c4cnn(C)c4)c2C#N)CCCC3)CCCO1. The zero-order valence-corrected chi connectivity index (χ0v) is 15.4. The van der Waals surface area contributed by atoms with Gasteiger partial charge in [-0.2, -0.15) is 10.4 Å². The number of pyridine rings is 1.